The van der Waals surface area contributed by atoms with Crippen molar-refractivity contribution in [1.29, 1.82) is 0 Å². The van der Waals surface area contributed by atoms with E-state index >= 15 is 0 Å². The summed E-state index contributed by atoms with van der Waals surface area (Å²) in [5, 5.41) is 8.36. The van der Waals surface area contributed by atoms with Gasteiger partial charge in [0.1, 0.15) is 5.56 Å². The van der Waals surface area contributed by atoms with Crippen LogP contribution in [0.4, 0.5) is 0 Å². The Hall–Kier alpha value is -2.48. The van der Waals surface area contributed by atoms with Gasteiger partial charge in [-0.25, -0.2) is 4.98 Å². The monoisotopic (exact) mass is 332 g/mol. The number of rotatable bonds is 5. The molecule has 0 aromatic carbocycles. The third-order valence-corrected chi connectivity index (χ3v) is 4.01. The molecule has 120 valence electrons. The normalized spacial score (nSPS) is 11.3. The van der Waals surface area contributed by atoms with Gasteiger partial charge < -0.3 is 9.84 Å². The summed E-state index contributed by atoms with van der Waals surface area (Å²) in [5.41, 5.74) is 0.473. The lowest BCUT2D eigenvalue weighted by atomic mass is 10.1. The maximum Gasteiger partial charge on any atom is 0.271 e. The van der Waals surface area contributed by atoms with E-state index in [1.165, 1.54) is 21.9 Å². The van der Waals surface area contributed by atoms with Crippen molar-refractivity contribution in [3.05, 3.63) is 51.2 Å². The predicted octanol–water partition coefficient (Wildman–Crippen LogP) is 1.87. The van der Waals surface area contributed by atoms with Gasteiger partial charge in [0, 0.05) is 23.8 Å². The van der Waals surface area contributed by atoms with Gasteiger partial charge in [-0.2, -0.15) is 0 Å². The molecule has 3 aromatic heterocycles. The second-order valence-electron chi connectivity index (χ2n) is 5.60. The van der Waals surface area contributed by atoms with Crippen LogP contribution in [0.1, 0.15) is 35.7 Å². The van der Waals surface area contributed by atoms with Gasteiger partial charge in [0.15, 0.2) is 10.7 Å². The van der Waals surface area contributed by atoms with E-state index in [0.717, 1.165) is 12.1 Å². The summed E-state index contributed by atoms with van der Waals surface area (Å²) in [5.74, 6) is 0.551. The minimum Gasteiger partial charge on any atom is -0.359 e. The van der Waals surface area contributed by atoms with Crippen molar-refractivity contribution in [2.24, 2.45) is 5.92 Å². The van der Waals surface area contributed by atoms with E-state index in [2.05, 4.69) is 29.3 Å². The Morgan fingerprint density at radius 3 is 3.09 bits per heavy atom. The molecule has 0 bridgehead atoms. The van der Waals surface area contributed by atoms with E-state index in [0.29, 0.717) is 16.6 Å². The van der Waals surface area contributed by atoms with Gasteiger partial charge in [0.05, 0.1) is 12.2 Å². The van der Waals surface area contributed by atoms with E-state index in [-0.39, 0.29) is 17.7 Å². The molecule has 1 amide bonds. The average Bonchev–Trinajstić information content (AvgIpc) is 3.14. The number of nitrogens with zero attached hydrogens (tertiary/aromatic N) is 3. The molecule has 7 nitrogen and oxygen atoms in total. The first-order chi connectivity index (χ1) is 11.0. The maximum atomic E-state index is 12.2. The van der Waals surface area contributed by atoms with Crippen LogP contribution in [-0.2, 0) is 13.0 Å². The molecule has 23 heavy (non-hydrogen) atoms. The number of aromatic nitrogens is 3. The number of amides is 1. The van der Waals surface area contributed by atoms with Crippen LogP contribution in [0.25, 0.3) is 4.96 Å². The Kier molecular flexibility index (Phi) is 4.24. The average molecular weight is 332 g/mol. The molecule has 3 rings (SSSR count). The van der Waals surface area contributed by atoms with Crippen molar-refractivity contribution < 1.29 is 9.32 Å². The topological polar surface area (TPSA) is 89.5 Å². The van der Waals surface area contributed by atoms with Crippen LogP contribution < -0.4 is 10.9 Å². The standard InChI is InChI=1S/C15H16N4O3S/c1-9(2)5-10-6-11(22-18-10)7-16-13(20)12-8-17-15-19(14(12)21)3-4-23-15/h3-4,6,8-9H,5,7H2,1-2H3,(H,16,20). The third kappa shape index (κ3) is 3.31. The summed E-state index contributed by atoms with van der Waals surface area (Å²) in [6.07, 6.45) is 3.71. The molecule has 1 N–H and O–H groups in total. The number of carbonyl (C=O) groups excluding carboxylic acids is 1. The summed E-state index contributed by atoms with van der Waals surface area (Å²) in [4.78, 5) is 29.0. The van der Waals surface area contributed by atoms with Crippen LogP contribution in [0.5, 0.6) is 0 Å². The Balaban J connectivity index is 1.70. The zero-order valence-corrected chi connectivity index (χ0v) is 13.6. The highest BCUT2D eigenvalue weighted by Crippen LogP contribution is 2.09. The first-order valence-corrected chi connectivity index (χ1v) is 8.10. The molecule has 0 saturated carbocycles. The summed E-state index contributed by atoms with van der Waals surface area (Å²) >= 11 is 1.34. The molecule has 3 aromatic rings. The number of thiazole rings is 1. The Morgan fingerprint density at radius 2 is 2.30 bits per heavy atom. The maximum absolute atomic E-state index is 12.2. The molecule has 0 aliphatic carbocycles. The molecule has 0 aliphatic rings. The highest BCUT2D eigenvalue weighted by Gasteiger charge is 2.14. The fourth-order valence-electron chi connectivity index (χ4n) is 2.20. The summed E-state index contributed by atoms with van der Waals surface area (Å²) in [6.45, 7) is 4.37. The number of nitrogens with one attached hydrogen (secondary N) is 1. The van der Waals surface area contributed by atoms with Crippen molar-refractivity contribution >= 4 is 22.2 Å². The lowest BCUT2D eigenvalue weighted by Crippen LogP contribution is -2.30. The van der Waals surface area contributed by atoms with Crippen LogP contribution in [0.15, 0.2) is 33.2 Å². The van der Waals surface area contributed by atoms with E-state index in [4.69, 9.17) is 4.52 Å². The van der Waals surface area contributed by atoms with Gasteiger partial charge in [-0.1, -0.05) is 19.0 Å². The molecular weight excluding hydrogens is 316 g/mol. The van der Waals surface area contributed by atoms with E-state index in [1.54, 1.807) is 11.6 Å². The van der Waals surface area contributed by atoms with E-state index in [9.17, 15) is 9.59 Å². The van der Waals surface area contributed by atoms with Crippen LogP contribution in [0, 0.1) is 5.92 Å². The first kappa shape index (κ1) is 15.4. The second-order valence-corrected chi connectivity index (χ2v) is 6.47. The number of fused-ring (bicyclic) bond motifs is 1. The molecule has 3 heterocycles. The fourth-order valence-corrected chi connectivity index (χ4v) is 2.87. The van der Waals surface area contributed by atoms with Crippen molar-refractivity contribution in [3.8, 4) is 0 Å². The molecule has 0 atom stereocenters. The molecule has 0 fully saturated rings. The number of carbonyl (C=O) groups is 1. The molecular formula is C15H16N4O3S. The van der Waals surface area contributed by atoms with Gasteiger partial charge in [-0.05, 0) is 12.3 Å². The highest BCUT2D eigenvalue weighted by molar-refractivity contribution is 7.15. The zero-order valence-electron chi connectivity index (χ0n) is 12.8. The molecule has 0 radical (unpaired) electrons. The van der Waals surface area contributed by atoms with Crippen molar-refractivity contribution in [2.45, 2.75) is 26.8 Å². The van der Waals surface area contributed by atoms with Gasteiger partial charge >= 0.3 is 0 Å². The summed E-state index contributed by atoms with van der Waals surface area (Å²) in [6, 6.07) is 1.81. The van der Waals surface area contributed by atoms with Gasteiger partial charge in [0.25, 0.3) is 11.5 Å². The quantitative estimate of drug-likeness (QED) is 0.770. The van der Waals surface area contributed by atoms with Crippen LogP contribution in [0.3, 0.4) is 0 Å². The third-order valence-electron chi connectivity index (χ3n) is 3.24. The smallest absolute Gasteiger partial charge is 0.271 e. The summed E-state index contributed by atoms with van der Waals surface area (Å²) < 4.78 is 6.53. The molecule has 0 unspecified atom stereocenters. The van der Waals surface area contributed by atoms with E-state index in [1.807, 2.05) is 6.07 Å². The molecule has 0 aliphatic heterocycles. The van der Waals surface area contributed by atoms with Crippen LogP contribution in [0.2, 0.25) is 0 Å². The molecule has 0 saturated heterocycles. The van der Waals surface area contributed by atoms with Crippen molar-refractivity contribution in [2.75, 3.05) is 0 Å². The first-order valence-electron chi connectivity index (χ1n) is 7.22. The van der Waals surface area contributed by atoms with Gasteiger partial charge in [-0.3, -0.25) is 14.0 Å². The largest absolute Gasteiger partial charge is 0.359 e. The van der Waals surface area contributed by atoms with Gasteiger partial charge in [0.2, 0.25) is 0 Å². The number of hydrogen-bond acceptors (Lipinski definition) is 6. The van der Waals surface area contributed by atoms with Crippen LogP contribution in [-0.4, -0.2) is 20.4 Å². The van der Waals surface area contributed by atoms with Crippen molar-refractivity contribution in [3.63, 3.8) is 0 Å². The van der Waals surface area contributed by atoms with Crippen molar-refractivity contribution in [1.82, 2.24) is 19.9 Å². The summed E-state index contributed by atoms with van der Waals surface area (Å²) in [7, 11) is 0. The minimum absolute atomic E-state index is 0.00261. The highest BCUT2D eigenvalue weighted by atomic mass is 32.1. The molecule has 0 spiro atoms. The lowest BCUT2D eigenvalue weighted by molar-refractivity contribution is 0.0945. The van der Waals surface area contributed by atoms with Crippen LogP contribution >= 0.6 is 11.3 Å². The zero-order chi connectivity index (χ0) is 16.4. The fraction of sp³-hybridized carbons (Fsp3) is 0.333. The van der Waals surface area contributed by atoms with Gasteiger partial charge in [-0.15, -0.1) is 11.3 Å². The SMILES string of the molecule is CC(C)Cc1cc(CNC(=O)c2cnc3sccn3c2=O)on1. The Bertz CT molecular complexity index is 893. The Morgan fingerprint density at radius 1 is 1.48 bits per heavy atom. The predicted molar refractivity (Wildman–Crippen MR) is 85.6 cm³/mol. The number of hydrogen-bond donors (Lipinski definition) is 1. The minimum atomic E-state index is -0.482. The van der Waals surface area contributed by atoms with E-state index < -0.39 is 5.91 Å². The molecule has 8 heteroatoms. The second kappa shape index (κ2) is 6.33. The lowest BCUT2D eigenvalue weighted by Gasteiger charge is -2.02. The Labute approximate surface area is 136 Å².